The summed E-state index contributed by atoms with van der Waals surface area (Å²) >= 11 is 1.84. The van der Waals surface area contributed by atoms with E-state index in [1.807, 2.05) is 11.3 Å². The third kappa shape index (κ3) is 2.26. The van der Waals surface area contributed by atoms with E-state index in [1.54, 1.807) is 0 Å². The van der Waals surface area contributed by atoms with Crippen LogP contribution in [0.4, 0.5) is 5.69 Å². The average molecular weight is 314 g/mol. The van der Waals surface area contributed by atoms with Gasteiger partial charge in [-0.05, 0) is 68.8 Å². The summed E-state index contributed by atoms with van der Waals surface area (Å²) in [6.07, 6.45) is 5.46. The van der Waals surface area contributed by atoms with E-state index >= 15 is 0 Å². The number of hydrogen-bond donors (Lipinski definition) is 0. The first-order valence-corrected chi connectivity index (χ1v) is 9.41. The normalized spacial score (nSPS) is 28.8. The molecule has 0 bridgehead atoms. The Hall–Kier alpha value is -1.06. The van der Waals surface area contributed by atoms with Gasteiger partial charge in [0.2, 0.25) is 0 Å². The van der Waals surface area contributed by atoms with Crippen molar-refractivity contribution >= 4 is 27.1 Å². The Morgan fingerprint density at radius 1 is 1.09 bits per heavy atom. The van der Waals surface area contributed by atoms with Gasteiger partial charge in [0, 0.05) is 34.6 Å². The molecule has 4 rings (SSSR count). The summed E-state index contributed by atoms with van der Waals surface area (Å²) in [5, 5.41) is 3.60. The van der Waals surface area contributed by atoms with Crippen LogP contribution in [0.3, 0.4) is 0 Å². The van der Waals surface area contributed by atoms with Gasteiger partial charge in [-0.1, -0.05) is 12.8 Å². The lowest BCUT2D eigenvalue weighted by Gasteiger charge is -2.57. The number of piperazine rings is 1. The largest absolute Gasteiger partial charge is 0.365 e. The van der Waals surface area contributed by atoms with Crippen molar-refractivity contribution < 1.29 is 0 Å². The van der Waals surface area contributed by atoms with Gasteiger partial charge in [0.15, 0.2) is 0 Å². The van der Waals surface area contributed by atoms with Crippen molar-refractivity contribution in [3.05, 3.63) is 29.6 Å². The second-order valence-corrected chi connectivity index (χ2v) is 8.56. The van der Waals surface area contributed by atoms with E-state index in [9.17, 15) is 0 Å². The summed E-state index contributed by atoms with van der Waals surface area (Å²) in [6.45, 7) is 5.92. The van der Waals surface area contributed by atoms with Crippen LogP contribution in [0, 0.1) is 0 Å². The van der Waals surface area contributed by atoms with E-state index in [-0.39, 0.29) is 5.54 Å². The Morgan fingerprint density at radius 3 is 2.68 bits per heavy atom. The second-order valence-electron chi connectivity index (χ2n) is 7.61. The molecule has 1 saturated carbocycles. The minimum atomic E-state index is 0.238. The van der Waals surface area contributed by atoms with Gasteiger partial charge in [0.25, 0.3) is 0 Å². The molecule has 118 valence electrons. The zero-order valence-electron chi connectivity index (χ0n) is 13.9. The van der Waals surface area contributed by atoms with E-state index in [1.165, 1.54) is 41.5 Å². The molecular weight excluding hydrogens is 288 g/mol. The predicted octanol–water partition coefficient (Wildman–Crippen LogP) is 4.74. The van der Waals surface area contributed by atoms with Crippen LogP contribution in [0.5, 0.6) is 0 Å². The van der Waals surface area contributed by atoms with Crippen molar-refractivity contribution in [2.45, 2.75) is 57.2 Å². The smallest absolute Gasteiger partial charge is 0.0446 e. The summed E-state index contributed by atoms with van der Waals surface area (Å²) in [6, 6.07) is 10.7. The Bertz CT molecular complexity index is 675. The molecule has 2 aromatic rings. The SMILES string of the molecule is CN1[C@H]2CCCC[C@H]2N(c2ccc3sccc3c2)CC1(C)C. The number of thiophene rings is 1. The fourth-order valence-electron chi connectivity index (χ4n) is 4.42. The molecule has 1 aromatic heterocycles. The van der Waals surface area contributed by atoms with Crippen molar-refractivity contribution in [1.82, 2.24) is 4.90 Å². The van der Waals surface area contributed by atoms with Gasteiger partial charge in [-0.3, -0.25) is 4.90 Å². The third-order valence-electron chi connectivity index (χ3n) is 5.87. The van der Waals surface area contributed by atoms with Crippen molar-refractivity contribution in [2.75, 3.05) is 18.5 Å². The lowest BCUT2D eigenvalue weighted by molar-refractivity contribution is 0.0337. The van der Waals surface area contributed by atoms with Gasteiger partial charge in [0.1, 0.15) is 0 Å². The highest BCUT2D eigenvalue weighted by Crippen LogP contribution is 2.39. The molecule has 0 unspecified atom stereocenters. The van der Waals surface area contributed by atoms with Crippen LogP contribution in [-0.4, -0.2) is 36.1 Å². The van der Waals surface area contributed by atoms with Gasteiger partial charge >= 0.3 is 0 Å². The fraction of sp³-hybridized carbons (Fsp3) is 0.579. The zero-order valence-corrected chi connectivity index (χ0v) is 14.7. The molecule has 1 aliphatic carbocycles. The molecule has 0 amide bonds. The van der Waals surface area contributed by atoms with Crippen molar-refractivity contribution in [1.29, 1.82) is 0 Å². The molecule has 0 spiro atoms. The molecule has 0 radical (unpaired) electrons. The van der Waals surface area contributed by atoms with E-state index in [0.29, 0.717) is 12.1 Å². The zero-order chi connectivity index (χ0) is 15.3. The number of hydrogen-bond acceptors (Lipinski definition) is 3. The lowest BCUT2D eigenvalue weighted by atomic mass is 9.81. The third-order valence-corrected chi connectivity index (χ3v) is 6.77. The first-order chi connectivity index (χ1) is 10.6. The van der Waals surface area contributed by atoms with Crippen LogP contribution in [0.25, 0.3) is 10.1 Å². The van der Waals surface area contributed by atoms with Crippen molar-refractivity contribution in [3.8, 4) is 0 Å². The summed E-state index contributed by atoms with van der Waals surface area (Å²) in [5.41, 5.74) is 1.66. The topological polar surface area (TPSA) is 6.48 Å². The van der Waals surface area contributed by atoms with Gasteiger partial charge in [-0.15, -0.1) is 11.3 Å². The number of fused-ring (bicyclic) bond motifs is 2. The number of rotatable bonds is 1. The highest BCUT2D eigenvalue weighted by molar-refractivity contribution is 7.17. The minimum absolute atomic E-state index is 0.238. The maximum absolute atomic E-state index is 2.71. The van der Waals surface area contributed by atoms with Gasteiger partial charge in [0.05, 0.1) is 0 Å². The molecule has 1 aliphatic heterocycles. The van der Waals surface area contributed by atoms with Crippen LogP contribution >= 0.6 is 11.3 Å². The van der Waals surface area contributed by atoms with Crippen LogP contribution in [0.15, 0.2) is 29.6 Å². The highest BCUT2D eigenvalue weighted by atomic mass is 32.1. The molecule has 1 saturated heterocycles. The molecule has 2 aliphatic rings. The van der Waals surface area contributed by atoms with E-state index in [2.05, 4.69) is 60.3 Å². The Morgan fingerprint density at radius 2 is 1.86 bits per heavy atom. The fourth-order valence-corrected chi connectivity index (χ4v) is 5.19. The van der Waals surface area contributed by atoms with E-state index in [4.69, 9.17) is 0 Å². The van der Waals surface area contributed by atoms with Crippen LogP contribution < -0.4 is 4.90 Å². The molecule has 2 atom stereocenters. The monoisotopic (exact) mass is 314 g/mol. The molecule has 2 heterocycles. The predicted molar refractivity (Wildman–Crippen MR) is 97.1 cm³/mol. The molecule has 2 fully saturated rings. The minimum Gasteiger partial charge on any atom is -0.365 e. The van der Waals surface area contributed by atoms with Crippen molar-refractivity contribution in [3.63, 3.8) is 0 Å². The first-order valence-electron chi connectivity index (χ1n) is 8.53. The molecule has 1 aromatic carbocycles. The number of nitrogens with zero attached hydrogens (tertiary/aromatic N) is 2. The molecule has 22 heavy (non-hydrogen) atoms. The first kappa shape index (κ1) is 14.5. The number of benzene rings is 1. The summed E-state index contributed by atoms with van der Waals surface area (Å²) in [7, 11) is 2.34. The maximum atomic E-state index is 2.71. The number of likely N-dealkylation sites (N-methyl/N-ethyl adjacent to an activating group) is 1. The van der Waals surface area contributed by atoms with Crippen LogP contribution in [-0.2, 0) is 0 Å². The molecule has 3 heteroatoms. The van der Waals surface area contributed by atoms with E-state index < -0.39 is 0 Å². The van der Waals surface area contributed by atoms with Crippen LogP contribution in [0.2, 0.25) is 0 Å². The van der Waals surface area contributed by atoms with Gasteiger partial charge in [-0.2, -0.15) is 0 Å². The summed E-state index contributed by atoms with van der Waals surface area (Å²) in [5.74, 6) is 0. The summed E-state index contributed by atoms with van der Waals surface area (Å²) in [4.78, 5) is 5.36. The van der Waals surface area contributed by atoms with Gasteiger partial charge in [-0.25, -0.2) is 0 Å². The molecule has 2 nitrogen and oxygen atoms in total. The summed E-state index contributed by atoms with van der Waals surface area (Å²) < 4.78 is 1.40. The van der Waals surface area contributed by atoms with Crippen molar-refractivity contribution in [2.24, 2.45) is 0 Å². The van der Waals surface area contributed by atoms with Crippen LogP contribution in [0.1, 0.15) is 39.5 Å². The molecule has 0 N–H and O–H groups in total. The number of anilines is 1. The Kier molecular flexibility index (Phi) is 3.46. The second kappa shape index (κ2) is 5.24. The van der Waals surface area contributed by atoms with Gasteiger partial charge < -0.3 is 4.90 Å². The standard InChI is InChI=1S/C19H26N2S/c1-19(2)13-21(17-7-5-4-6-16(17)20(19)3)15-8-9-18-14(12-15)10-11-22-18/h8-12,16-17H,4-7,13H2,1-3H3/t16-,17+/m0/s1. The Balaban J connectivity index is 1.74. The highest BCUT2D eigenvalue weighted by Gasteiger charge is 2.44. The molecular formula is C19H26N2S. The maximum Gasteiger partial charge on any atom is 0.0446 e. The average Bonchev–Trinajstić information content (AvgIpc) is 2.98. The van der Waals surface area contributed by atoms with E-state index in [0.717, 1.165) is 6.54 Å². The lowest BCUT2D eigenvalue weighted by Crippen LogP contribution is -2.67. The Labute approximate surface area is 137 Å². The quantitative estimate of drug-likeness (QED) is 0.750.